The van der Waals surface area contributed by atoms with Gasteiger partial charge in [-0.3, -0.25) is 9.59 Å². The standard InChI is InChI=1S/C18H25NO3/c1-2-14(15-8-4-3-5-9-15)12-16(20)19-18(13-17(21)22)10-6-7-11-18/h3-5,8-9,14H,2,6-7,10-13H2,1H3,(H,19,20)(H,21,22). The number of aliphatic carboxylic acids is 1. The van der Waals surface area contributed by atoms with Gasteiger partial charge in [0, 0.05) is 6.42 Å². The molecule has 22 heavy (non-hydrogen) atoms. The Balaban J connectivity index is 2.00. The molecule has 0 bridgehead atoms. The van der Waals surface area contributed by atoms with Crippen molar-refractivity contribution in [3.63, 3.8) is 0 Å². The highest BCUT2D eigenvalue weighted by Gasteiger charge is 2.37. The monoisotopic (exact) mass is 303 g/mol. The number of carbonyl (C=O) groups is 2. The number of amides is 1. The number of hydrogen-bond donors (Lipinski definition) is 2. The van der Waals surface area contributed by atoms with Gasteiger partial charge in [0.15, 0.2) is 0 Å². The third-order valence-electron chi connectivity index (χ3n) is 4.65. The number of benzene rings is 1. The summed E-state index contributed by atoms with van der Waals surface area (Å²) in [5.74, 6) is -0.680. The molecule has 4 nitrogen and oxygen atoms in total. The van der Waals surface area contributed by atoms with Crippen LogP contribution in [0.15, 0.2) is 30.3 Å². The molecule has 1 unspecified atom stereocenters. The molecule has 4 heteroatoms. The van der Waals surface area contributed by atoms with Crippen LogP contribution in [-0.4, -0.2) is 22.5 Å². The van der Waals surface area contributed by atoms with Crippen LogP contribution in [-0.2, 0) is 9.59 Å². The smallest absolute Gasteiger partial charge is 0.305 e. The van der Waals surface area contributed by atoms with Gasteiger partial charge in [-0.1, -0.05) is 50.1 Å². The molecule has 0 spiro atoms. The van der Waals surface area contributed by atoms with Gasteiger partial charge in [-0.2, -0.15) is 0 Å². The van der Waals surface area contributed by atoms with Gasteiger partial charge in [-0.15, -0.1) is 0 Å². The second kappa shape index (κ2) is 7.43. The van der Waals surface area contributed by atoms with E-state index in [2.05, 4.69) is 12.2 Å². The summed E-state index contributed by atoms with van der Waals surface area (Å²) in [5, 5.41) is 12.1. The molecule has 1 fully saturated rings. The van der Waals surface area contributed by atoms with Crippen LogP contribution in [0.5, 0.6) is 0 Å². The minimum absolute atomic E-state index is 0.0286. The van der Waals surface area contributed by atoms with Crippen LogP contribution in [0.4, 0.5) is 0 Å². The Kier molecular flexibility index (Phi) is 5.58. The number of rotatable bonds is 7. The minimum Gasteiger partial charge on any atom is -0.481 e. The van der Waals surface area contributed by atoms with E-state index in [0.29, 0.717) is 6.42 Å². The molecule has 0 radical (unpaired) electrons. The van der Waals surface area contributed by atoms with Crippen molar-refractivity contribution in [3.05, 3.63) is 35.9 Å². The van der Waals surface area contributed by atoms with Crippen LogP contribution in [0, 0.1) is 0 Å². The quantitative estimate of drug-likeness (QED) is 0.810. The van der Waals surface area contributed by atoms with Gasteiger partial charge < -0.3 is 10.4 Å². The summed E-state index contributed by atoms with van der Waals surface area (Å²) in [6.45, 7) is 2.08. The second-order valence-electron chi connectivity index (χ2n) is 6.33. The Morgan fingerprint density at radius 3 is 2.41 bits per heavy atom. The number of hydrogen-bond acceptors (Lipinski definition) is 2. The summed E-state index contributed by atoms with van der Waals surface area (Å²) < 4.78 is 0. The van der Waals surface area contributed by atoms with Crippen molar-refractivity contribution < 1.29 is 14.7 Å². The molecule has 1 atom stereocenters. The first-order chi connectivity index (χ1) is 10.5. The first-order valence-corrected chi connectivity index (χ1v) is 8.12. The maximum Gasteiger partial charge on any atom is 0.305 e. The fourth-order valence-corrected chi connectivity index (χ4v) is 3.48. The lowest BCUT2D eigenvalue weighted by atomic mass is 9.90. The molecule has 1 aliphatic carbocycles. The number of nitrogens with one attached hydrogen (secondary N) is 1. The second-order valence-corrected chi connectivity index (χ2v) is 6.33. The molecular formula is C18H25NO3. The first kappa shape index (κ1) is 16.5. The Bertz CT molecular complexity index is 506. The van der Waals surface area contributed by atoms with Gasteiger partial charge in [-0.05, 0) is 30.7 Å². The molecule has 1 aromatic carbocycles. The SMILES string of the molecule is CCC(CC(=O)NC1(CC(=O)O)CCCC1)c1ccccc1. The highest BCUT2D eigenvalue weighted by Crippen LogP contribution is 2.33. The van der Waals surface area contributed by atoms with Crippen LogP contribution in [0.1, 0.15) is 63.4 Å². The zero-order valence-electron chi connectivity index (χ0n) is 13.2. The third-order valence-corrected chi connectivity index (χ3v) is 4.65. The van der Waals surface area contributed by atoms with Gasteiger partial charge in [-0.25, -0.2) is 0 Å². The highest BCUT2D eigenvalue weighted by molar-refractivity contribution is 5.79. The Labute approximate surface area is 131 Å². The highest BCUT2D eigenvalue weighted by atomic mass is 16.4. The minimum atomic E-state index is -0.836. The molecule has 2 rings (SSSR count). The lowest BCUT2D eigenvalue weighted by Crippen LogP contribution is -2.48. The maximum atomic E-state index is 12.4. The lowest BCUT2D eigenvalue weighted by molar-refractivity contribution is -0.139. The molecule has 2 N–H and O–H groups in total. The van der Waals surface area contributed by atoms with Crippen molar-refractivity contribution in [2.24, 2.45) is 0 Å². The number of carbonyl (C=O) groups excluding carboxylic acids is 1. The molecule has 0 heterocycles. The fourth-order valence-electron chi connectivity index (χ4n) is 3.48. The Morgan fingerprint density at radius 1 is 1.23 bits per heavy atom. The molecule has 1 amide bonds. The summed E-state index contributed by atoms with van der Waals surface area (Å²) >= 11 is 0. The number of carboxylic acid groups (broad SMARTS) is 1. The zero-order chi connectivity index (χ0) is 16.0. The van der Waals surface area contributed by atoms with Crippen LogP contribution < -0.4 is 5.32 Å². The van der Waals surface area contributed by atoms with Crippen molar-refractivity contribution >= 4 is 11.9 Å². The van der Waals surface area contributed by atoms with Gasteiger partial charge in [0.2, 0.25) is 5.91 Å². The summed E-state index contributed by atoms with van der Waals surface area (Å²) in [4.78, 5) is 23.5. The van der Waals surface area contributed by atoms with E-state index in [4.69, 9.17) is 5.11 Å². The van der Waals surface area contributed by atoms with E-state index in [0.717, 1.165) is 32.1 Å². The molecular weight excluding hydrogens is 278 g/mol. The van der Waals surface area contributed by atoms with Crippen molar-refractivity contribution in [1.29, 1.82) is 0 Å². The van der Waals surface area contributed by atoms with Crippen molar-refractivity contribution in [2.45, 2.75) is 63.3 Å². The van der Waals surface area contributed by atoms with Gasteiger partial charge in [0.25, 0.3) is 0 Å². The molecule has 1 aromatic rings. The average molecular weight is 303 g/mol. The van der Waals surface area contributed by atoms with Crippen LogP contribution in [0.3, 0.4) is 0 Å². The van der Waals surface area contributed by atoms with Crippen LogP contribution >= 0.6 is 0 Å². The van der Waals surface area contributed by atoms with Gasteiger partial charge in [0.1, 0.15) is 0 Å². The summed E-state index contributed by atoms with van der Waals surface area (Å²) in [6, 6.07) is 10.0. The molecule has 0 saturated heterocycles. The van der Waals surface area contributed by atoms with Crippen molar-refractivity contribution in [1.82, 2.24) is 5.32 Å². The number of carboxylic acids is 1. The van der Waals surface area contributed by atoms with E-state index in [1.165, 1.54) is 5.56 Å². The lowest BCUT2D eigenvalue weighted by Gasteiger charge is -2.29. The molecule has 1 saturated carbocycles. The maximum absolute atomic E-state index is 12.4. The van der Waals surface area contributed by atoms with Gasteiger partial charge in [0.05, 0.1) is 12.0 Å². The van der Waals surface area contributed by atoms with Crippen LogP contribution in [0.2, 0.25) is 0 Å². The van der Waals surface area contributed by atoms with Crippen LogP contribution in [0.25, 0.3) is 0 Å². The normalized spacial score (nSPS) is 17.9. The average Bonchev–Trinajstić information content (AvgIpc) is 2.92. The molecule has 0 aromatic heterocycles. The van der Waals surface area contributed by atoms with E-state index in [1.807, 2.05) is 30.3 Å². The Hall–Kier alpha value is -1.84. The van der Waals surface area contributed by atoms with Crippen molar-refractivity contribution in [3.8, 4) is 0 Å². The predicted octanol–water partition coefficient (Wildman–Crippen LogP) is 3.47. The van der Waals surface area contributed by atoms with E-state index in [9.17, 15) is 9.59 Å². The molecule has 0 aliphatic heterocycles. The summed E-state index contributed by atoms with van der Waals surface area (Å²) in [6.07, 6.45) is 4.86. The Morgan fingerprint density at radius 2 is 1.86 bits per heavy atom. The van der Waals surface area contributed by atoms with E-state index < -0.39 is 11.5 Å². The summed E-state index contributed by atoms with van der Waals surface area (Å²) in [5.41, 5.74) is 0.636. The third kappa shape index (κ3) is 4.33. The summed E-state index contributed by atoms with van der Waals surface area (Å²) in [7, 11) is 0. The molecule has 120 valence electrons. The van der Waals surface area contributed by atoms with Crippen molar-refractivity contribution in [2.75, 3.05) is 0 Å². The fraction of sp³-hybridized carbons (Fsp3) is 0.556. The van der Waals surface area contributed by atoms with E-state index in [1.54, 1.807) is 0 Å². The first-order valence-electron chi connectivity index (χ1n) is 8.12. The van der Waals surface area contributed by atoms with E-state index >= 15 is 0 Å². The van der Waals surface area contributed by atoms with E-state index in [-0.39, 0.29) is 18.2 Å². The largest absolute Gasteiger partial charge is 0.481 e. The predicted molar refractivity (Wildman–Crippen MR) is 85.7 cm³/mol. The van der Waals surface area contributed by atoms with Gasteiger partial charge >= 0.3 is 5.97 Å². The molecule has 1 aliphatic rings. The topological polar surface area (TPSA) is 66.4 Å². The zero-order valence-corrected chi connectivity index (χ0v) is 13.2.